The minimum absolute atomic E-state index is 0.133. The van der Waals surface area contributed by atoms with Crippen LogP contribution in [0, 0.1) is 0 Å². The molecule has 4 rings (SSSR count). The third kappa shape index (κ3) is 2.29. The zero-order valence-corrected chi connectivity index (χ0v) is 12.4. The van der Waals surface area contributed by atoms with Gasteiger partial charge in [0.2, 0.25) is 0 Å². The van der Waals surface area contributed by atoms with E-state index < -0.39 is 37.9 Å². The molecule has 0 aliphatic carbocycles. The van der Waals surface area contributed by atoms with Gasteiger partial charge in [-0.1, -0.05) is 0 Å². The number of fused-ring (bicyclic) bond motifs is 2. The summed E-state index contributed by atoms with van der Waals surface area (Å²) in [4.78, 5) is 27.6. The Balaban J connectivity index is 1.75. The molecule has 5 N–H and O–H groups in total. The van der Waals surface area contributed by atoms with Crippen molar-refractivity contribution in [1.82, 2.24) is 14.5 Å². The Bertz CT molecular complexity index is 879. The summed E-state index contributed by atoms with van der Waals surface area (Å²) < 4.78 is 28.1. The Morgan fingerprint density at radius 2 is 2.30 bits per heavy atom. The molecule has 5 atom stereocenters. The Hall–Kier alpha value is -1.75. The third-order valence-corrected chi connectivity index (χ3v) is 4.82. The molecule has 23 heavy (non-hydrogen) atoms. The van der Waals surface area contributed by atoms with E-state index in [0.29, 0.717) is 5.52 Å². The number of aliphatic hydroxyl groups excluding tert-OH is 1. The minimum atomic E-state index is -4.20. The number of phosphoric acid groups is 1. The molecule has 0 bridgehead atoms. The van der Waals surface area contributed by atoms with E-state index in [1.807, 2.05) is 0 Å². The SMILES string of the molecule is Nc1cc2c(ncn2[C@@H]2OC3COP(=O)(O)OC3[C@@H]2O)c(=O)[nH]1. The van der Waals surface area contributed by atoms with Crippen molar-refractivity contribution in [2.45, 2.75) is 24.5 Å². The van der Waals surface area contributed by atoms with Crippen molar-refractivity contribution in [2.75, 3.05) is 12.3 Å². The topological polar surface area (TPSA) is 162 Å². The van der Waals surface area contributed by atoms with Crippen LogP contribution in [0.5, 0.6) is 0 Å². The number of rotatable bonds is 1. The van der Waals surface area contributed by atoms with E-state index in [9.17, 15) is 19.4 Å². The molecule has 0 saturated carbocycles. The quantitative estimate of drug-likeness (QED) is 0.479. The minimum Gasteiger partial charge on any atom is -0.386 e. The first-order valence-corrected chi connectivity index (χ1v) is 8.20. The van der Waals surface area contributed by atoms with E-state index in [0.717, 1.165) is 0 Å². The normalized spacial score (nSPS) is 37.1. The number of nitrogen functional groups attached to an aromatic ring is 1. The third-order valence-electron chi connectivity index (χ3n) is 3.84. The molecular weight excluding hydrogens is 331 g/mol. The molecule has 0 amide bonds. The molecule has 11 nitrogen and oxygen atoms in total. The summed E-state index contributed by atoms with van der Waals surface area (Å²) in [6.07, 6.45) is -2.63. The van der Waals surface area contributed by atoms with Gasteiger partial charge in [0.25, 0.3) is 5.56 Å². The highest BCUT2D eigenvalue weighted by molar-refractivity contribution is 7.47. The summed E-state index contributed by atoms with van der Waals surface area (Å²) in [5.74, 6) is 0.133. The maximum atomic E-state index is 11.8. The van der Waals surface area contributed by atoms with Gasteiger partial charge in [-0.2, -0.15) is 0 Å². The van der Waals surface area contributed by atoms with Gasteiger partial charge in [-0.25, -0.2) is 9.55 Å². The van der Waals surface area contributed by atoms with Crippen molar-refractivity contribution in [3.8, 4) is 0 Å². The molecule has 124 valence electrons. The molecule has 2 saturated heterocycles. The number of hydrogen-bond donors (Lipinski definition) is 4. The number of phosphoric ester groups is 1. The molecule has 3 unspecified atom stereocenters. The molecule has 0 aromatic carbocycles. The number of H-pyrrole nitrogens is 1. The highest BCUT2D eigenvalue weighted by Gasteiger charge is 2.52. The molecule has 4 heterocycles. The average Bonchev–Trinajstić information content (AvgIpc) is 3.00. The van der Waals surface area contributed by atoms with Gasteiger partial charge in [-0.05, 0) is 0 Å². The number of ether oxygens (including phenoxy) is 1. The maximum Gasteiger partial charge on any atom is 0.472 e. The summed E-state index contributed by atoms with van der Waals surface area (Å²) in [6, 6.07) is 1.48. The monoisotopic (exact) mass is 344 g/mol. The summed E-state index contributed by atoms with van der Waals surface area (Å²) in [5, 5.41) is 10.4. The Kier molecular flexibility index (Phi) is 3.14. The number of hydrogen-bond acceptors (Lipinski definition) is 8. The number of imidazole rings is 1. The van der Waals surface area contributed by atoms with Crippen molar-refractivity contribution < 1.29 is 28.3 Å². The average molecular weight is 344 g/mol. The van der Waals surface area contributed by atoms with Crippen molar-refractivity contribution >= 4 is 24.7 Å². The van der Waals surface area contributed by atoms with E-state index in [4.69, 9.17) is 15.0 Å². The lowest BCUT2D eigenvalue weighted by atomic mass is 10.1. The van der Waals surface area contributed by atoms with Crippen LogP contribution in [0.1, 0.15) is 6.23 Å². The first kappa shape index (κ1) is 14.8. The predicted octanol–water partition coefficient (Wildman–Crippen LogP) is -0.919. The molecule has 2 aliphatic heterocycles. The predicted molar refractivity (Wildman–Crippen MR) is 75.3 cm³/mol. The summed E-state index contributed by atoms with van der Waals surface area (Å²) in [6.45, 7) is -0.193. The van der Waals surface area contributed by atoms with Crippen LogP contribution >= 0.6 is 7.82 Å². The van der Waals surface area contributed by atoms with Gasteiger partial charge in [0.15, 0.2) is 11.7 Å². The van der Waals surface area contributed by atoms with Gasteiger partial charge in [0.05, 0.1) is 18.5 Å². The zero-order chi connectivity index (χ0) is 16.4. The van der Waals surface area contributed by atoms with Gasteiger partial charge in [-0.3, -0.25) is 13.8 Å². The highest BCUT2D eigenvalue weighted by atomic mass is 31.2. The van der Waals surface area contributed by atoms with E-state index in [2.05, 4.69) is 14.5 Å². The fourth-order valence-corrected chi connectivity index (χ4v) is 3.79. The van der Waals surface area contributed by atoms with Crippen LogP contribution in [-0.4, -0.2) is 49.5 Å². The van der Waals surface area contributed by atoms with Crippen LogP contribution in [-0.2, 0) is 18.3 Å². The number of aromatic nitrogens is 3. The van der Waals surface area contributed by atoms with Crippen LogP contribution in [0.25, 0.3) is 11.0 Å². The Morgan fingerprint density at radius 3 is 3.09 bits per heavy atom. The van der Waals surface area contributed by atoms with Gasteiger partial charge in [-0.15, -0.1) is 0 Å². The Labute approximate surface area is 128 Å². The number of aromatic amines is 1. The van der Waals surface area contributed by atoms with Crippen molar-refractivity contribution in [3.63, 3.8) is 0 Å². The van der Waals surface area contributed by atoms with E-state index >= 15 is 0 Å². The van der Waals surface area contributed by atoms with Crippen molar-refractivity contribution in [3.05, 3.63) is 22.7 Å². The second-order valence-corrected chi connectivity index (χ2v) is 6.74. The highest BCUT2D eigenvalue weighted by Crippen LogP contribution is 2.52. The number of nitrogens with two attached hydrogens (primary N) is 1. The number of nitrogens with zero attached hydrogens (tertiary/aromatic N) is 2. The molecular formula is C11H13N4O7P. The van der Waals surface area contributed by atoms with Gasteiger partial charge >= 0.3 is 7.82 Å². The van der Waals surface area contributed by atoms with Crippen molar-refractivity contribution in [1.29, 1.82) is 0 Å². The molecule has 2 aromatic heterocycles. The Morgan fingerprint density at radius 1 is 1.52 bits per heavy atom. The molecule has 0 radical (unpaired) electrons. The number of nitrogens with one attached hydrogen (secondary N) is 1. The standard InChI is InChI=1S/C11H13N4O7P/c12-6-1-4-7(10(17)14-6)13-3-15(4)11-8(16)9-5(21-11)2-20-23(18,19)22-9/h1,3,5,8-9,11,16H,2H2,(H,18,19)(H3,12,14,17)/t5?,8-,9?,11+/m0/s1. The fraction of sp³-hybridized carbons (Fsp3) is 0.455. The zero-order valence-electron chi connectivity index (χ0n) is 11.5. The van der Waals surface area contributed by atoms with Crippen LogP contribution in [0.3, 0.4) is 0 Å². The lowest BCUT2D eigenvalue weighted by molar-refractivity contribution is -0.0663. The van der Waals surface area contributed by atoms with Crippen LogP contribution in [0.2, 0.25) is 0 Å². The summed E-state index contributed by atoms with van der Waals surface area (Å²) >= 11 is 0. The van der Waals surface area contributed by atoms with Gasteiger partial charge in [0.1, 0.15) is 24.1 Å². The second-order valence-electron chi connectivity index (χ2n) is 5.33. The first-order chi connectivity index (χ1) is 10.9. The fourth-order valence-electron chi connectivity index (χ4n) is 2.83. The smallest absolute Gasteiger partial charge is 0.386 e. The first-order valence-electron chi connectivity index (χ1n) is 6.70. The molecule has 2 aliphatic rings. The van der Waals surface area contributed by atoms with Gasteiger partial charge in [0, 0.05) is 6.07 Å². The number of pyridine rings is 1. The lowest BCUT2D eigenvalue weighted by Gasteiger charge is -2.27. The van der Waals surface area contributed by atoms with Crippen LogP contribution in [0.4, 0.5) is 5.82 Å². The largest absolute Gasteiger partial charge is 0.472 e. The molecule has 12 heteroatoms. The van der Waals surface area contributed by atoms with Gasteiger partial charge < -0.3 is 30.0 Å². The lowest BCUT2D eigenvalue weighted by Crippen LogP contribution is -2.39. The molecule has 2 fully saturated rings. The number of anilines is 1. The second kappa shape index (κ2) is 4.87. The van der Waals surface area contributed by atoms with E-state index in [1.165, 1.54) is 17.0 Å². The molecule has 0 spiro atoms. The summed E-state index contributed by atoms with van der Waals surface area (Å²) in [7, 11) is -4.20. The number of aliphatic hydroxyl groups is 1. The van der Waals surface area contributed by atoms with Crippen LogP contribution in [0.15, 0.2) is 17.2 Å². The van der Waals surface area contributed by atoms with Crippen molar-refractivity contribution in [2.24, 2.45) is 0 Å². The summed E-state index contributed by atoms with van der Waals surface area (Å²) in [5.41, 5.74) is 5.65. The molecule has 2 aromatic rings. The maximum absolute atomic E-state index is 11.8. The van der Waals surface area contributed by atoms with Crippen LogP contribution < -0.4 is 11.3 Å². The van der Waals surface area contributed by atoms with E-state index in [1.54, 1.807) is 0 Å². The van der Waals surface area contributed by atoms with E-state index in [-0.39, 0.29) is 17.9 Å².